The molecular weight excluding hydrogens is 595 g/mol. The van der Waals surface area contributed by atoms with Crippen LogP contribution in [0.2, 0.25) is 0 Å². The number of carbonyl (C=O) groups is 2. The van der Waals surface area contributed by atoms with Crippen molar-refractivity contribution in [3.05, 3.63) is 130 Å². The van der Waals surface area contributed by atoms with E-state index in [4.69, 9.17) is 0 Å². The normalized spacial score (nSPS) is 12.3. The zero-order chi connectivity index (χ0) is 33.6. The van der Waals surface area contributed by atoms with Crippen LogP contribution in [0.1, 0.15) is 54.2 Å². The number of nitrogens with one attached hydrogen (secondary N) is 1. The Morgan fingerprint density at radius 2 is 1.37 bits per heavy atom. The van der Waals surface area contributed by atoms with Gasteiger partial charge < -0.3 is 10.2 Å². The molecule has 0 aliphatic carbocycles. The molecule has 0 heterocycles. The van der Waals surface area contributed by atoms with Crippen molar-refractivity contribution in [1.29, 1.82) is 0 Å². The van der Waals surface area contributed by atoms with Crippen molar-refractivity contribution in [3.63, 3.8) is 0 Å². The summed E-state index contributed by atoms with van der Waals surface area (Å²) in [6, 6.07) is 28.5. The summed E-state index contributed by atoms with van der Waals surface area (Å²) in [6.07, 6.45) is 0.258. The Kier molecular flexibility index (Phi) is 10.7. The van der Waals surface area contributed by atoms with Crippen molar-refractivity contribution in [3.8, 4) is 0 Å². The van der Waals surface area contributed by atoms with Gasteiger partial charge in [-0.2, -0.15) is 0 Å². The van der Waals surface area contributed by atoms with Gasteiger partial charge in [0.15, 0.2) is 0 Å². The first kappa shape index (κ1) is 34.4. The van der Waals surface area contributed by atoms with Crippen molar-refractivity contribution >= 4 is 27.5 Å². The molecule has 0 bridgehead atoms. The number of carbonyl (C=O) groups excluding carboxylic acids is 2. The SMILES string of the molecule is Cc1ccc(S(=O)(=O)N(CC(=O)N(Cc2ccccc2C)C(Cc2ccccc2)C(=O)NC(C)(C)C)c2cc(C)ccc2C)cc1. The smallest absolute Gasteiger partial charge is 0.264 e. The van der Waals surface area contributed by atoms with E-state index < -0.39 is 34.1 Å². The number of nitrogens with zero attached hydrogens (tertiary/aromatic N) is 2. The predicted molar refractivity (Wildman–Crippen MR) is 185 cm³/mol. The lowest BCUT2D eigenvalue weighted by atomic mass is 10.00. The van der Waals surface area contributed by atoms with Gasteiger partial charge in [0.2, 0.25) is 11.8 Å². The van der Waals surface area contributed by atoms with Crippen molar-refractivity contribution in [2.75, 3.05) is 10.8 Å². The van der Waals surface area contributed by atoms with E-state index in [0.29, 0.717) is 11.3 Å². The summed E-state index contributed by atoms with van der Waals surface area (Å²) in [7, 11) is -4.17. The monoisotopic (exact) mass is 639 g/mol. The minimum Gasteiger partial charge on any atom is -0.350 e. The molecule has 0 saturated heterocycles. The molecule has 4 aromatic rings. The van der Waals surface area contributed by atoms with E-state index in [-0.39, 0.29) is 23.8 Å². The van der Waals surface area contributed by atoms with Gasteiger partial charge in [-0.3, -0.25) is 13.9 Å². The summed E-state index contributed by atoms with van der Waals surface area (Å²) in [5, 5.41) is 3.07. The third kappa shape index (κ3) is 8.63. The van der Waals surface area contributed by atoms with Gasteiger partial charge in [-0.25, -0.2) is 8.42 Å². The highest BCUT2D eigenvalue weighted by molar-refractivity contribution is 7.92. The van der Waals surface area contributed by atoms with E-state index in [2.05, 4.69) is 5.32 Å². The van der Waals surface area contributed by atoms with E-state index in [1.807, 2.05) is 115 Å². The first-order chi connectivity index (χ1) is 21.7. The van der Waals surface area contributed by atoms with Crippen LogP contribution >= 0.6 is 0 Å². The van der Waals surface area contributed by atoms with Crippen LogP contribution in [0.3, 0.4) is 0 Å². The second-order valence-electron chi connectivity index (χ2n) is 13.0. The Hall–Kier alpha value is -4.43. The third-order valence-corrected chi connectivity index (χ3v) is 9.67. The molecule has 0 spiro atoms. The molecule has 0 saturated carbocycles. The van der Waals surface area contributed by atoms with Gasteiger partial charge >= 0.3 is 0 Å². The molecule has 8 heteroatoms. The lowest BCUT2D eigenvalue weighted by Gasteiger charge is -2.36. The molecule has 1 N–H and O–H groups in total. The third-order valence-electron chi connectivity index (χ3n) is 7.89. The second-order valence-corrected chi connectivity index (χ2v) is 14.9. The molecule has 1 atom stereocenters. The largest absolute Gasteiger partial charge is 0.350 e. The topological polar surface area (TPSA) is 86.8 Å². The average Bonchev–Trinajstić information content (AvgIpc) is 2.99. The molecule has 242 valence electrons. The Balaban J connectivity index is 1.86. The minimum absolute atomic E-state index is 0.0866. The molecule has 0 aromatic heterocycles. The summed E-state index contributed by atoms with van der Waals surface area (Å²) < 4.78 is 29.9. The van der Waals surface area contributed by atoms with Gasteiger partial charge in [0.1, 0.15) is 12.6 Å². The maximum Gasteiger partial charge on any atom is 0.264 e. The molecule has 7 nitrogen and oxygen atoms in total. The Labute approximate surface area is 274 Å². The van der Waals surface area contributed by atoms with Crippen LogP contribution in [-0.2, 0) is 32.6 Å². The molecule has 4 rings (SSSR count). The standard InChI is InChI=1S/C38H45N3O4S/c1-27-18-21-33(22-19-27)46(44,45)41(34-23-28(2)17-20-30(34)4)26-36(42)40(25-32-16-12-11-13-29(32)3)35(37(43)39-38(5,6)7)24-31-14-9-8-10-15-31/h8-23,35H,24-26H2,1-7H3,(H,39,43). The van der Waals surface area contributed by atoms with E-state index in [1.54, 1.807) is 35.2 Å². The molecular formula is C38H45N3O4S. The predicted octanol–water partition coefficient (Wildman–Crippen LogP) is 6.67. The van der Waals surface area contributed by atoms with Crippen LogP contribution in [0.15, 0.2) is 102 Å². The summed E-state index contributed by atoms with van der Waals surface area (Å²) in [6.45, 7) is 12.9. The van der Waals surface area contributed by atoms with Gasteiger partial charge in [-0.1, -0.05) is 84.4 Å². The van der Waals surface area contributed by atoms with Crippen molar-refractivity contribution in [2.24, 2.45) is 0 Å². The maximum absolute atomic E-state index is 14.7. The summed E-state index contributed by atoms with van der Waals surface area (Å²) >= 11 is 0. The fraction of sp³-hybridized carbons (Fsp3) is 0.316. The van der Waals surface area contributed by atoms with Gasteiger partial charge in [-0.15, -0.1) is 0 Å². The van der Waals surface area contributed by atoms with Gasteiger partial charge in [-0.05, 0) is 94.5 Å². The van der Waals surface area contributed by atoms with Crippen LogP contribution in [0.4, 0.5) is 5.69 Å². The highest BCUT2D eigenvalue weighted by Gasteiger charge is 2.36. The number of hydrogen-bond acceptors (Lipinski definition) is 4. The molecule has 0 aliphatic rings. The fourth-order valence-electron chi connectivity index (χ4n) is 5.32. The van der Waals surface area contributed by atoms with Crippen LogP contribution in [0.5, 0.6) is 0 Å². The van der Waals surface area contributed by atoms with Crippen LogP contribution in [-0.4, -0.2) is 43.3 Å². The van der Waals surface area contributed by atoms with Crippen LogP contribution in [0, 0.1) is 27.7 Å². The minimum atomic E-state index is -4.17. The summed E-state index contributed by atoms with van der Waals surface area (Å²) in [5.41, 5.74) is 5.09. The number of benzene rings is 4. The Bertz CT molecular complexity index is 1780. The fourth-order valence-corrected chi connectivity index (χ4v) is 6.79. The quantitative estimate of drug-likeness (QED) is 0.199. The van der Waals surface area contributed by atoms with Crippen LogP contribution < -0.4 is 9.62 Å². The number of rotatable bonds is 11. The molecule has 0 radical (unpaired) electrons. The zero-order valence-corrected chi connectivity index (χ0v) is 28.7. The number of aryl methyl sites for hydroxylation is 4. The number of amides is 2. The number of sulfonamides is 1. The average molecular weight is 640 g/mol. The van der Waals surface area contributed by atoms with Gasteiger partial charge in [0.05, 0.1) is 10.6 Å². The van der Waals surface area contributed by atoms with Crippen LogP contribution in [0.25, 0.3) is 0 Å². The highest BCUT2D eigenvalue weighted by Crippen LogP contribution is 2.29. The second kappa shape index (κ2) is 14.3. The lowest BCUT2D eigenvalue weighted by Crippen LogP contribution is -2.56. The van der Waals surface area contributed by atoms with Crippen molar-refractivity contribution in [2.45, 2.75) is 77.9 Å². The summed E-state index contributed by atoms with van der Waals surface area (Å²) in [4.78, 5) is 30.4. The van der Waals surface area contributed by atoms with Gasteiger partial charge in [0.25, 0.3) is 10.0 Å². The molecule has 0 fully saturated rings. The Morgan fingerprint density at radius 1 is 0.761 bits per heavy atom. The highest BCUT2D eigenvalue weighted by atomic mass is 32.2. The van der Waals surface area contributed by atoms with Gasteiger partial charge in [0, 0.05) is 18.5 Å². The zero-order valence-electron chi connectivity index (χ0n) is 27.9. The molecule has 0 aliphatic heterocycles. The van der Waals surface area contributed by atoms with E-state index in [0.717, 1.165) is 27.8 Å². The Morgan fingerprint density at radius 3 is 2.00 bits per heavy atom. The number of hydrogen-bond donors (Lipinski definition) is 1. The number of anilines is 1. The molecule has 1 unspecified atom stereocenters. The van der Waals surface area contributed by atoms with E-state index >= 15 is 0 Å². The van der Waals surface area contributed by atoms with E-state index in [1.165, 1.54) is 4.31 Å². The first-order valence-corrected chi connectivity index (χ1v) is 17.0. The van der Waals surface area contributed by atoms with Crippen molar-refractivity contribution < 1.29 is 18.0 Å². The molecule has 2 amide bonds. The summed E-state index contributed by atoms with van der Waals surface area (Å²) in [5.74, 6) is -0.789. The maximum atomic E-state index is 14.7. The van der Waals surface area contributed by atoms with E-state index in [9.17, 15) is 18.0 Å². The van der Waals surface area contributed by atoms with Crippen molar-refractivity contribution in [1.82, 2.24) is 10.2 Å². The first-order valence-electron chi connectivity index (χ1n) is 15.5. The lowest BCUT2D eigenvalue weighted by molar-refractivity contribution is -0.140. The molecule has 4 aromatic carbocycles. The molecule has 46 heavy (non-hydrogen) atoms.